The maximum Gasteiger partial charge on any atom is 0.416 e. The SMILES string of the molecule is C=CCC(C)c1cc(F)cc(C(F)(F)F)c1. The van der Waals surface area contributed by atoms with Crippen LogP contribution in [0.25, 0.3) is 0 Å². The van der Waals surface area contributed by atoms with Gasteiger partial charge in [-0.15, -0.1) is 6.58 Å². The second-order valence-electron chi connectivity index (χ2n) is 3.70. The minimum atomic E-state index is -4.51. The first-order valence-corrected chi connectivity index (χ1v) is 4.83. The number of rotatable bonds is 3. The fourth-order valence-electron chi connectivity index (χ4n) is 1.45. The lowest BCUT2D eigenvalue weighted by Crippen LogP contribution is -2.07. The van der Waals surface area contributed by atoms with Gasteiger partial charge in [-0.2, -0.15) is 13.2 Å². The van der Waals surface area contributed by atoms with Crippen molar-refractivity contribution in [3.8, 4) is 0 Å². The van der Waals surface area contributed by atoms with Crippen LogP contribution >= 0.6 is 0 Å². The van der Waals surface area contributed by atoms with E-state index in [1.54, 1.807) is 13.0 Å². The summed E-state index contributed by atoms with van der Waals surface area (Å²) in [6.07, 6.45) is -2.39. The molecule has 0 radical (unpaired) electrons. The number of alkyl halides is 3. The molecule has 0 aromatic heterocycles. The van der Waals surface area contributed by atoms with Crippen LogP contribution in [0.3, 0.4) is 0 Å². The second kappa shape index (κ2) is 4.68. The summed E-state index contributed by atoms with van der Waals surface area (Å²) < 4.78 is 50.3. The zero-order valence-corrected chi connectivity index (χ0v) is 8.81. The number of hydrogen-bond donors (Lipinski definition) is 0. The predicted octanol–water partition coefficient (Wildman–Crippen LogP) is 4.52. The van der Waals surface area contributed by atoms with Crippen molar-refractivity contribution in [3.63, 3.8) is 0 Å². The van der Waals surface area contributed by atoms with E-state index in [1.807, 2.05) is 0 Å². The van der Waals surface area contributed by atoms with Crippen molar-refractivity contribution >= 4 is 0 Å². The summed E-state index contributed by atoms with van der Waals surface area (Å²) in [6.45, 7) is 5.24. The summed E-state index contributed by atoms with van der Waals surface area (Å²) in [4.78, 5) is 0. The average Bonchev–Trinajstić information content (AvgIpc) is 2.16. The summed E-state index contributed by atoms with van der Waals surface area (Å²) in [5, 5.41) is 0. The molecular formula is C12H12F4. The molecular weight excluding hydrogens is 220 g/mol. The first-order chi connectivity index (χ1) is 7.34. The van der Waals surface area contributed by atoms with E-state index in [0.29, 0.717) is 18.1 Å². The van der Waals surface area contributed by atoms with E-state index in [0.717, 1.165) is 12.1 Å². The van der Waals surface area contributed by atoms with Crippen molar-refractivity contribution in [2.24, 2.45) is 0 Å². The zero-order chi connectivity index (χ0) is 12.3. The van der Waals surface area contributed by atoms with Gasteiger partial charge in [0.25, 0.3) is 0 Å². The van der Waals surface area contributed by atoms with Gasteiger partial charge in [-0.3, -0.25) is 0 Å². The predicted molar refractivity (Wildman–Crippen MR) is 54.6 cm³/mol. The smallest absolute Gasteiger partial charge is 0.207 e. The Labute approximate surface area is 91.6 Å². The van der Waals surface area contributed by atoms with Crippen LogP contribution in [0.5, 0.6) is 0 Å². The van der Waals surface area contributed by atoms with Gasteiger partial charge < -0.3 is 0 Å². The van der Waals surface area contributed by atoms with Gasteiger partial charge in [-0.25, -0.2) is 4.39 Å². The van der Waals surface area contributed by atoms with Gasteiger partial charge in [0.1, 0.15) is 5.82 Å². The number of hydrogen-bond acceptors (Lipinski definition) is 0. The second-order valence-corrected chi connectivity index (χ2v) is 3.70. The zero-order valence-electron chi connectivity index (χ0n) is 8.81. The van der Waals surface area contributed by atoms with E-state index in [-0.39, 0.29) is 5.92 Å². The Morgan fingerprint density at radius 1 is 1.31 bits per heavy atom. The monoisotopic (exact) mass is 232 g/mol. The van der Waals surface area contributed by atoms with Crippen LogP contribution in [0.1, 0.15) is 30.4 Å². The molecule has 1 unspecified atom stereocenters. The van der Waals surface area contributed by atoms with Crippen LogP contribution < -0.4 is 0 Å². The molecule has 0 heterocycles. The standard InChI is InChI=1S/C12H12F4/c1-3-4-8(2)9-5-10(12(14,15)16)7-11(13)6-9/h3,5-8H,1,4H2,2H3. The molecule has 1 aromatic carbocycles. The molecule has 0 aliphatic rings. The molecule has 0 amide bonds. The number of allylic oxidation sites excluding steroid dienone is 1. The molecule has 4 heteroatoms. The van der Waals surface area contributed by atoms with Crippen LogP contribution in [0, 0.1) is 5.82 Å². The Balaban J connectivity index is 3.12. The molecule has 1 rings (SSSR count). The molecule has 0 nitrogen and oxygen atoms in total. The van der Waals surface area contributed by atoms with Crippen molar-refractivity contribution in [3.05, 3.63) is 47.8 Å². The van der Waals surface area contributed by atoms with Crippen LogP contribution in [0.15, 0.2) is 30.9 Å². The summed E-state index contributed by atoms with van der Waals surface area (Å²) in [5.41, 5.74) is -0.606. The van der Waals surface area contributed by atoms with Gasteiger partial charge >= 0.3 is 6.18 Å². The molecule has 0 saturated heterocycles. The first-order valence-electron chi connectivity index (χ1n) is 4.83. The fraction of sp³-hybridized carbons (Fsp3) is 0.333. The van der Waals surface area contributed by atoms with Crippen LogP contribution in [-0.4, -0.2) is 0 Å². The van der Waals surface area contributed by atoms with Crippen LogP contribution in [0.2, 0.25) is 0 Å². The van der Waals surface area contributed by atoms with Crippen molar-refractivity contribution in [2.75, 3.05) is 0 Å². The third-order valence-electron chi connectivity index (χ3n) is 2.34. The Morgan fingerprint density at radius 2 is 1.94 bits per heavy atom. The molecule has 1 atom stereocenters. The third-order valence-corrected chi connectivity index (χ3v) is 2.34. The van der Waals surface area contributed by atoms with E-state index in [9.17, 15) is 17.6 Å². The van der Waals surface area contributed by atoms with Gasteiger partial charge in [0.15, 0.2) is 0 Å². The van der Waals surface area contributed by atoms with Crippen LogP contribution in [-0.2, 0) is 6.18 Å². The van der Waals surface area contributed by atoms with Crippen molar-refractivity contribution in [1.29, 1.82) is 0 Å². The van der Waals surface area contributed by atoms with E-state index < -0.39 is 17.6 Å². The van der Waals surface area contributed by atoms with Crippen molar-refractivity contribution < 1.29 is 17.6 Å². The Bertz CT molecular complexity index is 379. The molecule has 0 saturated carbocycles. The largest absolute Gasteiger partial charge is 0.416 e. The maximum absolute atomic E-state index is 13.0. The number of halogens is 4. The first kappa shape index (κ1) is 12.7. The van der Waals surface area contributed by atoms with Crippen molar-refractivity contribution in [1.82, 2.24) is 0 Å². The lowest BCUT2D eigenvalue weighted by atomic mass is 9.96. The highest BCUT2D eigenvalue weighted by Gasteiger charge is 2.31. The van der Waals surface area contributed by atoms with E-state index in [4.69, 9.17) is 0 Å². The fourth-order valence-corrected chi connectivity index (χ4v) is 1.45. The maximum atomic E-state index is 13.0. The highest BCUT2D eigenvalue weighted by Crippen LogP contribution is 2.32. The molecule has 0 aliphatic carbocycles. The lowest BCUT2D eigenvalue weighted by molar-refractivity contribution is -0.137. The van der Waals surface area contributed by atoms with Gasteiger partial charge in [0.05, 0.1) is 5.56 Å². The molecule has 0 bridgehead atoms. The summed E-state index contributed by atoms with van der Waals surface area (Å²) in [7, 11) is 0. The quantitative estimate of drug-likeness (QED) is 0.530. The minimum absolute atomic E-state index is 0.172. The number of benzene rings is 1. The van der Waals surface area contributed by atoms with Crippen LogP contribution in [0.4, 0.5) is 17.6 Å². The molecule has 0 aliphatic heterocycles. The van der Waals surface area contributed by atoms with Gasteiger partial charge in [-0.1, -0.05) is 13.0 Å². The summed E-state index contributed by atoms with van der Waals surface area (Å²) in [5.74, 6) is -1.03. The van der Waals surface area contributed by atoms with Gasteiger partial charge in [-0.05, 0) is 36.1 Å². The van der Waals surface area contributed by atoms with E-state index in [1.165, 1.54) is 0 Å². The molecule has 0 N–H and O–H groups in total. The highest BCUT2D eigenvalue weighted by atomic mass is 19.4. The molecule has 0 spiro atoms. The highest BCUT2D eigenvalue weighted by molar-refractivity contribution is 5.29. The third kappa shape index (κ3) is 3.08. The van der Waals surface area contributed by atoms with Gasteiger partial charge in [0, 0.05) is 0 Å². The Hall–Kier alpha value is -1.32. The summed E-state index contributed by atoms with van der Waals surface area (Å²) in [6, 6.07) is 2.62. The molecule has 88 valence electrons. The minimum Gasteiger partial charge on any atom is -0.207 e. The van der Waals surface area contributed by atoms with E-state index in [2.05, 4.69) is 6.58 Å². The molecule has 0 fully saturated rings. The molecule has 1 aromatic rings. The van der Waals surface area contributed by atoms with E-state index >= 15 is 0 Å². The van der Waals surface area contributed by atoms with Crippen molar-refractivity contribution in [2.45, 2.75) is 25.4 Å². The Kier molecular flexibility index (Phi) is 3.73. The molecule has 16 heavy (non-hydrogen) atoms. The summed E-state index contributed by atoms with van der Waals surface area (Å²) >= 11 is 0. The van der Waals surface area contributed by atoms with Gasteiger partial charge in [0.2, 0.25) is 0 Å². The average molecular weight is 232 g/mol. The lowest BCUT2D eigenvalue weighted by Gasteiger charge is -2.13. The topological polar surface area (TPSA) is 0 Å². The Morgan fingerprint density at radius 3 is 2.44 bits per heavy atom. The normalized spacial score (nSPS) is 13.6.